The number of rotatable bonds is 6. The van der Waals surface area contributed by atoms with Gasteiger partial charge in [0.15, 0.2) is 5.13 Å². The molecule has 4 nitrogen and oxygen atoms in total. The summed E-state index contributed by atoms with van der Waals surface area (Å²) < 4.78 is 1.08. The minimum absolute atomic E-state index is 0.0683. The van der Waals surface area contributed by atoms with Crippen molar-refractivity contribution in [2.24, 2.45) is 0 Å². The number of nitrogens with zero attached hydrogens (tertiary/aromatic N) is 3. The molecule has 0 fully saturated rings. The van der Waals surface area contributed by atoms with E-state index in [4.69, 9.17) is 4.98 Å². The second-order valence-corrected chi connectivity index (χ2v) is 9.42. The number of amides is 1. The van der Waals surface area contributed by atoms with Crippen LogP contribution in [-0.4, -0.2) is 21.6 Å². The number of benzene rings is 2. The fourth-order valence-electron chi connectivity index (χ4n) is 3.18. The van der Waals surface area contributed by atoms with E-state index in [9.17, 15) is 4.79 Å². The van der Waals surface area contributed by atoms with Gasteiger partial charge in [-0.1, -0.05) is 24.3 Å². The van der Waals surface area contributed by atoms with Crippen LogP contribution in [0.4, 0.5) is 5.13 Å². The first-order chi connectivity index (χ1) is 14.5. The van der Waals surface area contributed by atoms with Crippen LogP contribution < -0.4 is 4.90 Å². The molecule has 0 N–H and O–H groups in total. The van der Waals surface area contributed by atoms with Crippen LogP contribution in [0, 0.1) is 13.8 Å². The van der Waals surface area contributed by atoms with E-state index in [1.54, 1.807) is 34.2 Å². The lowest BCUT2D eigenvalue weighted by molar-refractivity contribution is 0.0984. The monoisotopic (exact) mass is 433 g/mol. The molecule has 0 aliphatic carbocycles. The first kappa shape index (κ1) is 20.6. The van der Waals surface area contributed by atoms with Gasteiger partial charge in [-0.3, -0.25) is 14.7 Å². The Hall–Kier alpha value is -2.70. The molecule has 0 spiro atoms. The van der Waals surface area contributed by atoms with Crippen molar-refractivity contribution in [1.29, 1.82) is 0 Å². The van der Waals surface area contributed by atoms with Gasteiger partial charge < -0.3 is 0 Å². The highest BCUT2D eigenvalue weighted by molar-refractivity contribution is 7.99. The van der Waals surface area contributed by atoms with Crippen LogP contribution in [-0.2, 0) is 6.54 Å². The SMILES string of the molecule is CCSc1ccc(C(=O)N(Cc2ccccn2)c2nc3cc(C)c(C)cc3s2)cc1. The highest BCUT2D eigenvalue weighted by atomic mass is 32.2. The normalized spacial score (nSPS) is 11.0. The lowest BCUT2D eigenvalue weighted by atomic mass is 10.1. The molecule has 6 heteroatoms. The average molecular weight is 434 g/mol. The first-order valence-electron chi connectivity index (χ1n) is 9.87. The van der Waals surface area contributed by atoms with Crippen molar-refractivity contribution in [1.82, 2.24) is 9.97 Å². The predicted molar refractivity (Wildman–Crippen MR) is 127 cm³/mol. The minimum Gasteiger partial charge on any atom is -0.278 e. The van der Waals surface area contributed by atoms with E-state index < -0.39 is 0 Å². The Kier molecular flexibility index (Phi) is 6.16. The molecule has 1 amide bonds. The highest BCUT2D eigenvalue weighted by Crippen LogP contribution is 2.32. The van der Waals surface area contributed by atoms with E-state index in [1.165, 1.54) is 11.1 Å². The van der Waals surface area contributed by atoms with E-state index in [-0.39, 0.29) is 5.91 Å². The molecule has 2 heterocycles. The maximum Gasteiger partial charge on any atom is 0.260 e. The average Bonchev–Trinajstić information content (AvgIpc) is 3.15. The van der Waals surface area contributed by atoms with E-state index in [0.717, 1.165) is 26.6 Å². The summed E-state index contributed by atoms with van der Waals surface area (Å²) in [6, 6.07) is 17.8. The van der Waals surface area contributed by atoms with Gasteiger partial charge in [-0.05, 0) is 79.3 Å². The lowest BCUT2D eigenvalue weighted by Gasteiger charge is -2.19. The van der Waals surface area contributed by atoms with E-state index in [0.29, 0.717) is 17.2 Å². The molecule has 0 atom stereocenters. The molecule has 0 radical (unpaired) electrons. The number of carbonyl (C=O) groups excluding carboxylic acids is 1. The summed E-state index contributed by atoms with van der Waals surface area (Å²) >= 11 is 3.31. The summed E-state index contributed by atoms with van der Waals surface area (Å²) in [5, 5.41) is 0.692. The van der Waals surface area contributed by atoms with Crippen LogP contribution in [0.5, 0.6) is 0 Å². The zero-order valence-electron chi connectivity index (χ0n) is 17.3. The number of thioether (sulfide) groups is 1. The molecular weight excluding hydrogens is 410 g/mol. The Bertz CT molecular complexity index is 1130. The maximum absolute atomic E-state index is 13.5. The maximum atomic E-state index is 13.5. The molecule has 152 valence electrons. The number of aromatic nitrogens is 2. The standard InChI is InChI=1S/C24H23N3OS2/c1-4-29-20-10-8-18(9-11-20)23(28)27(15-19-7-5-6-12-25-19)24-26-21-13-16(2)17(3)14-22(21)30-24/h5-14H,4,15H2,1-3H3. The van der Waals surface area contributed by atoms with Crippen molar-refractivity contribution >= 4 is 44.4 Å². The molecule has 0 saturated carbocycles. The summed E-state index contributed by atoms with van der Waals surface area (Å²) in [5.41, 5.74) is 4.83. The second-order valence-electron chi connectivity index (χ2n) is 7.07. The van der Waals surface area contributed by atoms with Gasteiger partial charge >= 0.3 is 0 Å². The molecule has 0 unspecified atom stereocenters. The van der Waals surface area contributed by atoms with Crippen molar-refractivity contribution in [3.63, 3.8) is 0 Å². The van der Waals surface area contributed by atoms with Crippen LogP contribution in [0.2, 0.25) is 0 Å². The van der Waals surface area contributed by atoms with Crippen LogP contribution in [0.15, 0.2) is 65.7 Å². The highest BCUT2D eigenvalue weighted by Gasteiger charge is 2.22. The Morgan fingerprint density at radius 2 is 1.83 bits per heavy atom. The van der Waals surface area contributed by atoms with E-state index in [2.05, 4.69) is 37.9 Å². The largest absolute Gasteiger partial charge is 0.278 e. The van der Waals surface area contributed by atoms with Gasteiger partial charge in [-0.2, -0.15) is 0 Å². The fraction of sp³-hybridized carbons (Fsp3) is 0.208. The quantitative estimate of drug-likeness (QED) is 0.336. The summed E-state index contributed by atoms with van der Waals surface area (Å²) in [5.74, 6) is 0.935. The van der Waals surface area contributed by atoms with Crippen molar-refractivity contribution < 1.29 is 4.79 Å². The Morgan fingerprint density at radius 1 is 1.07 bits per heavy atom. The van der Waals surface area contributed by atoms with Crippen LogP contribution >= 0.6 is 23.1 Å². The third-order valence-electron chi connectivity index (χ3n) is 4.93. The van der Waals surface area contributed by atoms with Gasteiger partial charge in [0.1, 0.15) is 0 Å². The molecule has 0 aliphatic heterocycles. The number of hydrogen-bond acceptors (Lipinski definition) is 5. The van der Waals surface area contributed by atoms with E-state index in [1.807, 2.05) is 42.5 Å². The zero-order valence-corrected chi connectivity index (χ0v) is 18.9. The number of anilines is 1. The number of hydrogen-bond donors (Lipinski definition) is 0. The minimum atomic E-state index is -0.0683. The predicted octanol–water partition coefficient (Wildman–Crippen LogP) is 6.27. The fourth-order valence-corrected chi connectivity index (χ4v) is 4.88. The molecule has 2 aromatic carbocycles. The molecule has 4 rings (SSSR count). The Labute approximate surface area is 185 Å². The van der Waals surface area contributed by atoms with Gasteiger partial charge in [-0.15, -0.1) is 11.8 Å². The molecule has 0 saturated heterocycles. The van der Waals surface area contributed by atoms with Crippen molar-refractivity contribution in [3.05, 3.63) is 83.2 Å². The number of fused-ring (bicyclic) bond motifs is 1. The summed E-state index contributed by atoms with van der Waals surface area (Å²) in [6.07, 6.45) is 1.75. The van der Waals surface area contributed by atoms with Crippen LogP contribution in [0.3, 0.4) is 0 Å². The van der Waals surface area contributed by atoms with Gasteiger partial charge in [0, 0.05) is 16.7 Å². The molecule has 0 bridgehead atoms. The third kappa shape index (κ3) is 4.40. The first-order valence-corrected chi connectivity index (χ1v) is 11.7. The summed E-state index contributed by atoms with van der Waals surface area (Å²) in [4.78, 5) is 25.6. The number of pyridine rings is 1. The lowest BCUT2D eigenvalue weighted by Crippen LogP contribution is -2.30. The topological polar surface area (TPSA) is 46.1 Å². The summed E-state index contributed by atoms with van der Waals surface area (Å²) in [6.45, 7) is 6.68. The number of aryl methyl sites for hydroxylation is 2. The van der Waals surface area contributed by atoms with E-state index >= 15 is 0 Å². The Balaban J connectivity index is 1.73. The Morgan fingerprint density at radius 3 is 2.53 bits per heavy atom. The molecular formula is C24H23N3OS2. The summed E-state index contributed by atoms with van der Waals surface area (Å²) in [7, 11) is 0. The number of carbonyl (C=O) groups is 1. The van der Waals surface area contributed by atoms with Crippen molar-refractivity contribution in [2.75, 3.05) is 10.7 Å². The third-order valence-corrected chi connectivity index (χ3v) is 6.86. The van der Waals surface area contributed by atoms with Gasteiger partial charge in [0.2, 0.25) is 0 Å². The van der Waals surface area contributed by atoms with Crippen LogP contribution in [0.1, 0.15) is 34.1 Å². The van der Waals surface area contributed by atoms with Gasteiger partial charge in [0.25, 0.3) is 5.91 Å². The molecule has 0 aliphatic rings. The molecule has 4 aromatic rings. The molecule has 30 heavy (non-hydrogen) atoms. The molecule has 2 aromatic heterocycles. The smallest absolute Gasteiger partial charge is 0.260 e. The van der Waals surface area contributed by atoms with Gasteiger partial charge in [0.05, 0.1) is 22.5 Å². The van der Waals surface area contributed by atoms with Gasteiger partial charge in [-0.25, -0.2) is 4.98 Å². The van der Waals surface area contributed by atoms with Crippen molar-refractivity contribution in [2.45, 2.75) is 32.2 Å². The van der Waals surface area contributed by atoms with Crippen LogP contribution in [0.25, 0.3) is 10.2 Å². The number of thiazole rings is 1. The zero-order chi connectivity index (χ0) is 21.1. The second kappa shape index (κ2) is 8.98. The van der Waals surface area contributed by atoms with Crippen molar-refractivity contribution in [3.8, 4) is 0 Å².